The zero-order chi connectivity index (χ0) is 10.6. The van der Waals surface area contributed by atoms with Crippen LogP contribution in [0.2, 0.25) is 0 Å². The molecule has 3 N–H and O–H groups in total. The van der Waals surface area contributed by atoms with E-state index in [1.807, 2.05) is 0 Å². The summed E-state index contributed by atoms with van der Waals surface area (Å²) in [5, 5.41) is 9.11. The van der Waals surface area contributed by atoms with E-state index in [1.165, 1.54) is 19.4 Å². The third-order valence-electron chi connectivity index (χ3n) is 3.07. The topological polar surface area (TPSA) is 49.5 Å². The Morgan fingerprint density at radius 2 is 2.21 bits per heavy atom. The molecule has 1 rings (SSSR count). The smallest absolute Gasteiger partial charge is 0.0471 e. The number of hydrogen-bond donors (Lipinski definition) is 2. The molecule has 0 aliphatic carbocycles. The molecular weight excluding hydrogens is 176 g/mol. The van der Waals surface area contributed by atoms with Gasteiger partial charge in [-0.25, -0.2) is 0 Å². The molecule has 0 bridgehead atoms. The van der Waals surface area contributed by atoms with E-state index in [4.69, 9.17) is 10.8 Å². The first kappa shape index (κ1) is 12.0. The van der Waals surface area contributed by atoms with Crippen molar-refractivity contribution in [2.45, 2.75) is 26.7 Å². The van der Waals surface area contributed by atoms with E-state index in [-0.39, 0.29) is 5.41 Å². The molecule has 0 radical (unpaired) electrons. The lowest BCUT2D eigenvalue weighted by Gasteiger charge is -2.37. The Labute approximate surface area is 87.3 Å². The number of hydrogen-bond acceptors (Lipinski definition) is 3. The highest BCUT2D eigenvalue weighted by Gasteiger charge is 2.24. The molecule has 0 aromatic carbocycles. The van der Waals surface area contributed by atoms with Crippen LogP contribution in [-0.4, -0.2) is 42.8 Å². The van der Waals surface area contributed by atoms with E-state index < -0.39 is 0 Å². The summed E-state index contributed by atoms with van der Waals surface area (Å²) in [7, 11) is 0. The molecule has 84 valence electrons. The molecule has 0 aromatic heterocycles. The lowest BCUT2D eigenvalue weighted by atomic mass is 9.90. The van der Waals surface area contributed by atoms with Crippen molar-refractivity contribution in [3.63, 3.8) is 0 Å². The summed E-state index contributed by atoms with van der Waals surface area (Å²) in [6.45, 7) is 8.73. The molecule has 1 aliphatic rings. The van der Waals surface area contributed by atoms with Crippen molar-refractivity contribution in [2.75, 3.05) is 32.8 Å². The van der Waals surface area contributed by atoms with E-state index in [0.717, 1.165) is 19.6 Å². The fraction of sp³-hybridized carbons (Fsp3) is 1.00. The number of aliphatic hydroxyl groups excluding tert-OH is 1. The third kappa shape index (κ3) is 3.56. The zero-order valence-corrected chi connectivity index (χ0v) is 9.50. The van der Waals surface area contributed by atoms with Crippen LogP contribution in [0.4, 0.5) is 0 Å². The van der Waals surface area contributed by atoms with Gasteiger partial charge >= 0.3 is 0 Å². The first-order chi connectivity index (χ1) is 6.57. The maximum atomic E-state index is 9.11. The number of likely N-dealkylation sites (tertiary alicyclic amines) is 1. The predicted molar refractivity (Wildman–Crippen MR) is 59.1 cm³/mol. The van der Waals surface area contributed by atoms with Gasteiger partial charge in [0.05, 0.1) is 0 Å². The summed E-state index contributed by atoms with van der Waals surface area (Å²) in [6.07, 6.45) is 2.39. The van der Waals surface area contributed by atoms with Crippen LogP contribution in [0.5, 0.6) is 0 Å². The second kappa shape index (κ2) is 5.10. The lowest BCUT2D eigenvalue weighted by Crippen LogP contribution is -2.44. The normalized spacial score (nSPS) is 25.3. The molecule has 0 amide bonds. The van der Waals surface area contributed by atoms with E-state index in [2.05, 4.69) is 18.7 Å². The van der Waals surface area contributed by atoms with Gasteiger partial charge in [-0.1, -0.05) is 13.8 Å². The number of piperidine rings is 1. The van der Waals surface area contributed by atoms with Crippen LogP contribution >= 0.6 is 0 Å². The van der Waals surface area contributed by atoms with Crippen molar-refractivity contribution in [2.24, 2.45) is 17.1 Å². The molecule has 0 aromatic rings. The summed E-state index contributed by atoms with van der Waals surface area (Å²) in [4.78, 5) is 2.44. The zero-order valence-electron chi connectivity index (χ0n) is 9.50. The highest BCUT2D eigenvalue weighted by molar-refractivity contribution is 4.79. The van der Waals surface area contributed by atoms with Crippen molar-refractivity contribution in [3.05, 3.63) is 0 Å². The van der Waals surface area contributed by atoms with E-state index in [9.17, 15) is 0 Å². The van der Waals surface area contributed by atoms with Gasteiger partial charge in [0.1, 0.15) is 0 Å². The monoisotopic (exact) mass is 200 g/mol. The Hall–Kier alpha value is -0.120. The number of aliphatic hydroxyl groups is 1. The molecule has 1 aliphatic heterocycles. The molecule has 0 spiro atoms. The Kier molecular flexibility index (Phi) is 4.35. The van der Waals surface area contributed by atoms with E-state index >= 15 is 0 Å². The van der Waals surface area contributed by atoms with Crippen molar-refractivity contribution in [3.8, 4) is 0 Å². The van der Waals surface area contributed by atoms with Gasteiger partial charge in [-0.2, -0.15) is 0 Å². The van der Waals surface area contributed by atoms with Gasteiger partial charge < -0.3 is 15.7 Å². The molecule has 0 saturated carbocycles. The molecule has 1 unspecified atom stereocenters. The van der Waals surface area contributed by atoms with Crippen molar-refractivity contribution in [1.82, 2.24) is 4.90 Å². The second-order valence-corrected chi connectivity index (χ2v) is 5.29. The minimum Gasteiger partial charge on any atom is -0.396 e. The van der Waals surface area contributed by atoms with Crippen LogP contribution in [0.15, 0.2) is 0 Å². The Morgan fingerprint density at radius 3 is 2.79 bits per heavy atom. The Balaban J connectivity index is 2.37. The van der Waals surface area contributed by atoms with E-state index in [1.54, 1.807) is 0 Å². The molecule has 1 heterocycles. The van der Waals surface area contributed by atoms with E-state index in [0.29, 0.717) is 12.5 Å². The number of rotatable bonds is 4. The number of nitrogens with two attached hydrogens (primary N) is 1. The highest BCUT2D eigenvalue weighted by atomic mass is 16.3. The van der Waals surface area contributed by atoms with Crippen molar-refractivity contribution >= 4 is 0 Å². The Morgan fingerprint density at radius 1 is 1.50 bits per heavy atom. The summed E-state index contributed by atoms with van der Waals surface area (Å²) in [5.74, 6) is 0.484. The fourth-order valence-electron chi connectivity index (χ4n) is 2.11. The minimum atomic E-state index is 0.206. The van der Waals surface area contributed by atoms with Gasteiger partial charge in [0.25, 0.3) is 0 Å². The molecule has 14 heavy (non-hydrogen) atoms. The van der Waals surface area contributed by atoms with Crippen molar-refractivity contribution < 1.29 is 5.11 Å². The molecular formula is C11H24N2O. The van der Waals surface area contributed by atoms with Gasteiger partial charge in [-0.3, -0.25) is 0 Å². The fourth-order valence-corrected chi connectivity index (χ4v) is 2.11. The van der Waals surface area contributed by atoms with Crippen LogP contribution in [0.1, 0.15) is 26.7 Å². The first-order valence-corrected chi connectivity index (χ1v) is 5.61. The minimum absolute atomic E-state index is 0.206. The van der Waals surface area contributed by atoms with Gasteiger partial charge in [0, 0.05) is 19.7 Å². The average Bonchev–Trinajstić information content (AvgIpc) is 2.17. The van der Waals surface area contributed by atoms with Gasteiger partial charge in [-0.15, -0.1) is 0 Å². The molecule has 3 nitrogen and oxygen atoms in total. The summed E-state index contributed by atoms with van der Waals surface area (Å²) in [6, 6.07) is 0. The molecule has 1 fully saturated rings. The molecule has 1 atom stereocenters. The maximum absolute atomic E-state index is 9.11. The van der Waals surface area contributed by atoms with Crippen molar-refractivity contribution in [1.29, 1.82) is 0 Å². The van der Waals surface area contributed by atoms with Gasteiger partial charge in [0.2, 0.25) is 0 Å². The standard InChI is InChI=1S/C11H24N2O/c1-11(2,8-12)9-13-5-3-4-10(6-13)7-14/h10,14H,3-9,12H2,1-2H3. The SMILES string of the molecule is CC(C)(CN)CN1CCCC(CO)C1. The second-order valence-electron chi connectivity index (χ2n) is 5.29. The predicted octanol–water partition coefficient (Wildman–Crippen LogP) is 0.676. The quantitative estimate of drug-likeness (QED) is 0.701. The maximum Gasteiger partial charge on any atom is 0.0471 e. The Bertz CT molecular complexity index is 171. The third-order valence-corrected chi connectivity index (χ3v) is 3.07. The van der Waals surface area contributed by atoms with Gasteiger partial charge in [0.15, 0.2) is 0 Å². The lowest BCUT2D eigenvalue weighted by molar-refractivity contribution is 0.0916. The van der Waals surface area contributed by atoms with Gasteiger partial charge in [-0.05, 0) is 37.3 Å². The van der Waals surface area contributed by atoms with Crippen LogP contribution in [0.3, 0.4) is 0 Å². The molecule has 3 heteroatoms. The highest BCUT2D eigenvalue weighted by Crippen LogP contribution is 2.21. The first-order valence-electron chi connectivity index (χ1n) is 5.61. The van der Waals surface area contributed by atoms with Crippen LogP contribution in [-0.2, 0) is 0 Å². The summed E-state index contributed by atoms with van der Waals surface area (Å²) >= 11 is 0. The average molecular weight is 200 g/mol. The summed E-state index contributed by atoms with van der Waals surface area (Å²) < 4.78 is 0. The van der Waals surface area contributed by atoms with Crippen LogP contribution in [0, 0.1) is 11.3 Å². The summed E-state index contributed by atoms with van der Waals surface area (Å²) in [5.41, 5.74) is 5.92. The van der Waals surface area contributed by atoms with Crippen LogP contribution < -0.4 is 5.73 Å². The largest absolute Gasteiger partial charge is 0.396 e. The number of nitrogens with zero attached hydrogens (tertiary/aromatic N) is 1. The molecule has 1 saturated heterocycles. The van der Waals surface area contributed by atoms with Crippen LogP contribution in [0.25, 0.3) is 0 Å².